The standard InChI is InChI=1S/C10H16N4OS/c1-15-10-8(11)9(13-6-14-10)12-4-7-2-3-16-5-7/h6-7H,2-5,11H2,1H3,(H,12,13,14). The largest absolute Gasteiger partial charge is 0.479 e. The normalized spacial score (nSPS) is 19.7. The van der Waals surface area contributed by atoms with Gasteiger partial charge in [0.25, 0.3) is 0 Å². The molecule has 0 spiro atoms. The monoisotopic (exact) mass is 240 g/mol. The number of aromatic nitrogens is 2. The fourth-order valence-electron chi connectivity index (χ4n) is 1.67. The van der Waals surface area contributed by atoms with E-state index in [2.05, 4.69) is 15.3 Å². The number of anilines is 2. The first-order valence-electron chi connectivity index (χ1n) is 5.27. The molecule has 1 unspecified atom stereocenters. The molecule has 1 fully saturated rings. The van der Waals surface area contributed by atoms with E-state index in [-0.39, 0.29) is 0 Å². The van der Waals surface area contributed by atoms with Gasteiger partial charge in [0.2, 0.25) is 5.88 Å². The first-order chi connectivity index (χ1) is 7.81. The summed E-state index contributed by atoms with van der Waals surface area (Å²) < 4.78 is 5.04. The smallest absolute Gasteiger partial charge is 0.242 e. The third-order valence-electron chi connectivity index (χ3n) is 2.62. The summed E-state index contributed by atoms with van der Waals surface area (Å²) in [7, 11) is 1.55. The third kappa shape index (κ3) is 2.49. The fraction of sp³-hybridized carbons (Fsp3) is 0.600. The molecule has 6 heteroatoms. The van der Waals surface area contributed by atoms with Crippen LogP contribution >= 0.6 is 11.8 Å². The van der Waals surface area contributed by atoms with E-state index in [9.17, 15) is 0 Å². The summed E-state index contributed by atoms with van der Waals surface area (Å²) in [6, 6.07) is 0. The molecular formula is C10H16N4OS. The van der Waals surface area contributed by atoms with Crippen LogP contribution in [0.5, 0.6) is 5.88 Å². The summed E-state index contributed by atoms with van der Waals surface area (Å²) in [4.78, 5) is 8.05. The van der Waals surface area contributed by atoms with E-state index in [1.165, 1.54) is 24.3 Å². The summed E-state index contributed by atoms with van der Waals surface area (Å²) in [6.07, 6.45) is 2.72. The van der Waals surface area contributed by atoms with Gasteiger partial charge in [-0.05, 0) is 23.8 Å². The average Bonchev–Trinajstić information content (AvgIpc) is 2.81. The Bertz CT molecular complexity index is 355. The lowest BCUT2D eigenvalue weighted by Gasteiger charge is -2.12. The molecule has 1 saturated heterocycles. The second-order valence-electron chi connectivity index (χ2n) is 3.76. The van der Waals surface area contributed by atoms with E-state index in [1.54, 1.807) is 7.11 Å². The Morgan fingerprint density at radius 3 is 3.19 bits per heavy atom. The van der Waals surface area contributed by atoms with E-state index < -0.39 is 0 Å². The molecule has 2 heterocycles. The van der Waals surface area contributed by atoms with Crippen LogP contribution in [0.25, 0.3) is 0 Å². The molecule has 1 aliphatic heterocycles. The predicted molar refractivity (Wildman–Crippen MR) is 66.9 cm³/mol. The Labute approximate surface area is 99.2 Å². The highest BCUT2D eigenvalue weighted by Gasteiger charge is 2.16. The average molecular weight is 240 g/mol. The summed E-state index contributed by atoms with van der Waals surface area (Å²) in [5.41, 5.74) is 6.34. The minimum absolute atomic E-state index is 0.429. The van der Waals surface area contributed by atoms with Crippen molar-refractivity contribution in [1.82, 2.24) is 9.97 Å². The third-order valence-corrected chi connectivity index (χ3v) is 3.85. The molecule has 3 N–H and O–H groups in total. The van der Waals surface area contributed by atoms with Gasteiger partial charge in [-0.25, -0.2) is 4.98 Å². The van der Waals surface area contributed by atoms with Gasteiger partial charge in [0, 0.05) is 6.54 Å². The minimum Gasteiger partial charge on any atom is -0.479 e. The minimum atomic E-state index is 0.429. The summed E-state index contributed by atoms with van der Waals surface area (Å²) in [5.74, 6) is 4.29. The first kappa shape index (κ1) is 11.3. The molecule has 0 aliphatic carbocycles. The van der Waals surface area contributed by atoms with Gasteiger partial charge in [0.15, 0.2) is 5.82 Å². The maximum atomic E-state index is 5.86. The number of nitrogens with one attached hydrogen (secondary N) is 1. The van der Waals surface area contributed by atoms with Crippen molar-refractivity contribution in [1.29, 1.82) is 0 Å². The maximum absolute atomic E-state index is 5.86. The zero-order valence-corrected chi connectivity index (χ0v) is 10.1. The molecule has 88 valence electrons. The van der Waals surface area contributed by atoms with Gasteiger partial charge in [-0.2, -0.15) is 16.7 Å². The van der Waals surface area contributed by atoms with E-state index in [0.717, 1.165) is 6.54 Å². The highest BCUT2D eigenvalue weighted by Crippen LogP contribution is 2.27. The number of methoxy groups -OCH3 is 1. The van der Waals surface area contributed by atoms with Crippen molar-refractivity contribution in [2.24, 2.45) is 5.92 Å². The van der Waals surface area contributed by atoms with Gasteiger partial charge in [-0.3, -0.25) is 0 Å². The van der Waals surface area contributed by atoms with E-state index in [0.29, 0.717) is 23.3 Å². The van der Waals surface area contributed by atoms with Crippen LogP contribution in [0.2, 0.25) is 0 Å². The predicted octanol–water partition coefficient (Wildman–Crippen LogP) is 1.23. The van der Waals surface area contributed by atoms with Gasteiger partial charge < -0.3 is 15.8 Å². The van der Waals surface area contributed by atoms with Crippen LogP contribution in [0, 0.1) is 5.92 Å². The molecule has 0 amide bonds. The lowest BCUT2D eigenvalue weighted by atomic mass is 10.1. The first-order valence-corrected chi connectivity index (χ1v) is 6.43. The number of rotatable bonds is 4. The van der Waals surface area contributed by atoms with E-state index in [1.807, 2.05) is 11.8 Å². The van der Waals surface area contributed by atoms with Crippen molar-refractivity contribution in [2.45, 2.75) is 6.42 Å². The maximum Gasteiger partial charge on any atom is 0.242 e. The molecule has 5 nitrogen and oxygen atoms in total. The highest BCUT2D eigenvalue weighted by molar-refractivity contribution is 7.99. The Morgan fingerprint density at radius 2 is 2.50 bits per heavy atom. The van der Waals surface area contributed by atoms with Gasteiger partial charge in [0.05, 0.1) is 7.11 Å². The molecular weight excluding hydrogens is 224 g/mol. The van der Waals surface area contributed by atoms with Crippen molar-refractivity contribution >= 4 is 23.3 Å². The van der Waals surface area contributed by atoms with E-state index >= 15 is 0 Å². The Hall–Kier alpha value is -1.17. The Morgan fingerprint density at radius 1 is 1.62 bits per heavy atom. The van der Waals surface area contributed by atoms with Crippen LogP contribution < -0.4 is 15.8 Å². The Balaban J connectivity index is 1.97. The van der Waals surface area contributed by atoms with E-state index in [4.69, 9.17) is 10.5 Å². The molecule has 1 aliphatic rings. The van der Waals surface area contributed by atoms with Gasteiger partial charge in [0.1, 0.15) is 12.0 Å². The molecule has 1 aromatic heterocycles. The number of nitrogens with two attached hydrogens (primary N) is 1. The lowest BCUT2D eigenvalue weighted by molar-refractivity contribution is 0.399. The van der Waals surface area contributed by atoms with Crippen LogP contribution in [0.4, 0.5) is 11.5 Å². The zero-order chi connectivity index (χ0) is 11.4. The summed E-state index contributed by atoms with van der Waals surface area (Å²) in [6.45, 7) is 0.914. The molecule has 1 aromatic rings. The fourth-order valence-corrected chi connectivity index (χ4v) is 2.95. The van der Waals surface area contributed by atoms with Crippen LogP contribution in [-0.2, 0) is 0 Å². The van der Waals surface area contributed by atoms with Gasteiger partial charge in [-0.15, -0.1) is 0 Å². The SMILES string of the molecule is COc1ncnc(NCC2CCSC2)c1N. The van der Waals surface area contributed by atoms with Crippen LogP contribution in [-0.4, -0.2) is 35.1 Å². The molecule has 0 bridgehead atoms. The lowest BCUT2D eigenvalue weighted by Crippen LogP contribution is -2.15. The second kappa shape index (κ2) is 5.25. The Kier molecular flexibility index (Phi) is 3.71. The number of nitrogen functional groups attached to an aromatic ring is 1. The second-order valence-corrected chi connectivity index (χ2v) is 4.91. The highest BCUT2D eigenvalue weighted by atomic mass is 32.2. The van der Waals surface area contributed by atoms with Crippen molar-refractivity contribution in [2.75, 3.05) is 36.2 Å². The zero-order valence-electron chi connectivity index (χ0n) is 9.27. The number of nitrogens with zero attached hydrogens (tertiary/aromatic N) is 2. The number of thioether (sulfide) groups is 1. The quantitative estimate of drug-likeness (QED) is 0.824. The number of hydrogen-bond donors (Lipinski definition) is 2. The van der Waals surface area contributed by atoms with Crippen molar-refractivity contribution in [3.8, 4) is 5.88 Å². The van der Waals surface area contributed by atoms with Crippen molar-refractivity contribution < 1.29 is 4.74 Å². The van der Waals surface area contributed by atoms with Crippen molar-refractivity contribution in [3.63, 3.8) is 0 Å². The molecule has 0 aromatic carbocycles. The summed E-state index contributed by atoms with van der Waals surface area (Å²) in [5, 5.41) is 3.26. The summed E-state index contributed by atoms with van der Waals surface area (Å²) >= 11 is 2.00. The molecule has 1 atom stereocenters. The van der Waals surface area contributed by atoms with Crippen LogP contribution in [0.15, 0.2) is 6.33 Å². The van der Waals surface area contributed by atoms with Gasteiger partial charge in [-0.1, -0.05) is 0 Å². The van der Waals surface area contributed by atoms with Crippen LogP contribution in [0.1, 0.15) is 6.42 Å². The number of ether oxygens (including phenoxy) is 1. The topological polar surface area (TPSA) is 73.1 Å². The van der Waals surface area contributed by atoms with Crippen LogP contribution in [0.3, 0.4) is 0 Å². The number of hydrogen-bond acceptors (Lipinski definition) is 6. The van der Waals surface area contributed by atoms with Crippen molar-refractivity contribution in [3.05, 3.63) is 6.33 Å². The molecule has 0 saturated carbocycles. The molecule has 2 rings (SSSR count). The molecule has 0 radical (unpaired) electrons. The molecule has 16 heavy (non-hydrogen) atoms. The van der Waals surface area contributed by atoms with Gasteiger partial charge >= 0.3 is 0 Å².